The molecule has 0 amide bonds. The first-order chi connectivity index (χ1) is 7.77. The van der Waals surface area contributed by atoms with E-state index in [0.717, 1.165) is 18.4 Å². The van der Waals surface area contributed by atoms with Crippen LogP contribution in [0, 0.1) is 0 Å². The van der Waals surface area contributed by atoms with Gasteiger partial charge in [-0.05, 0) is 36.1 Å². The van der Waals surface area contributed by atoms with Gasteiger partial charge in [-0.3, -0.25) is 0 Å². The smallest absolute Gasteiger partial charge is 0.197 e. The molecule has 0 aliphatic heterocycles. The van der Waals surface area contributed by atoms with Gasteiger partial charge in [-0.2, -0.15) is 0 Å². The Morgan fingerprint density at radius 2 is 1.94 bits per heavy atom. The Balaban J connectivity index is 1.94. The number of benzene rings is 1. The molecule has 0 spiro atoms. The molecule has 1 aromatic heterocycles. The van der Waals surface area contributed by atoms with E-state index in [9.17, 15) is 0 Å². The lowest BCUT2D eigenvalue weighted by atomic mass is 10.0. The number of hydrogen-bond acceptors (Lipinski definition) is 2. The SMILES string of the molecule is NC(CCc1ccccc1)c1ccoc1Cl. The summed E-state index contributed by atoms with van der Waals surface area (Å²) in [5, 5.41) is 0.403. The van der Waals surface area contributed by atoms with Crippen molar-refractivity contribution in [1.29, 1.82) is 0 Å². The van der Waals surface area contributed by atoms with Gasteiger partial charge >= 0.3 is 0 Å². The van der Waals surface area contributed by atoms with Gasteiger partial charge in [-0.1, -0.05) is 30.3 Å². The number of nitrogens with two attached hydrogens (primary N) is 1. The van der Waals surface area contributed by atoms with E-state index in [1.165, 1.54) is 5.56 Å². The third kappa shape index (κ3) is 2.65. The fourth-order valence-electron chi connectivity index (χ4n) is 1.69. The molecule has 0 aliphatic carbocycles. The number of halogens is 1. The molecule has 0 saturated heterocycles. The topological polar surface area (TPSA) is 39.2 Å². The van der Waals surface area contributed by atoms with Crippen LogP contribution < -0.4 is 5.73 Å². The highest BCUT2D eigenvalue weighted by Gasteiger charge is 2.12. The van der Waals surface area contributed by atoms with Gasteiger partial charge in [-0.15, -0.1) is 0 Å². The molecule has 2 N–H and O–H groups in total. The number of rotatable bonds is 4. The fraction of sp³-hybridized carbons (Fsp3) is 0.231. The van der Waals surface area contributed by atoms with Crippen molar-refractivity contribution in [2.75, 3.05) is 0 Å². The summed E-state index contributed by atoms with van der Waals surface area (Å²) in [7, 11) is 0. The Labute approximate surface area is 100 Å². The van der Waals surface area contributed by atoms with E-state index in [2.05, 4.69) is 12.1 Å². The normalized spacial score (nSPS) is 12.6. The predicted molar refractivity (Wildman–Crippen MR) is 65.4 cm³/mol. The maximum Gasteiger partial charge on any atom is 0.197 e. The van der Waals surface area contributed by atoms with Crippen LogP contribution in [0.25, 0.3) is 0 Å². The predicted octanol–water partition coefficient (Wildman–Crippen LogP) is 3.57. The Morgan fingerprint density at radius 1 is 1.19 bits per heavy atom. The van der Waals surface area contributed by atoms with E-state index >= 15 is 0 Å². The van der Waals surface area contributed by atoms with Crippen LogP contribution in [0.5, 0.6) is 0 Å². The van der Waals surface area contributed by atoms with Crippen LogP contribution in [0.15, 0.2) is 47.1 Å². The Morgan fingerprint density at radius 3 is 2.56 bits per heavy atom. The van der Waals surface area contributed by atoms with Gasteiger partial charge < -0.3 is 10.2 Å². The molecule has 3 heteroatoms. The van der Waals surface area contributed by atoms with E-state index in [0.29, 0.717) is 5.22 Å². The molecule has 1 heterocycles. The minimum Gasteiger partial charge on any atom is -0.453 e. The second kappa shape index (κ2) is 5.19. The van der Waals surface area contributed by atoms with Crippen molar-refractivity contribution in [2.24, 2.45) is 5.73 Å². The molecule has 2 aromatic rings. The van der Waals surface area contributed by atoms with Crippen LogP contribution in [0.2, 0.25) is 5.22 Å². The Bertz CT molecular complexity index is 438. The van der Waals surface area contributed by atoms with E-state index in [1.54, 1.807) is 6.26 Å². The monoisotopic (exact) mass is 235 g/mol. The van der Waals surface area contributed by atoms with E-state index in [4.69, 9.17) is 21.8 Å². The van der Waals surface area contributed by atoms with Crippen LogP contribution in [0.3, 0.4) is 0 Å². The first kappa shape index (κ1) is 11.2. The summed E-state index contributed by atoms with van der Waals surface area (Å²) >= 11 is 5.87. The highest BCUT2D eigenvalue weighted by Crippen LogP contribution is 2.25. The molecule has 16 heavy (non-hydrogen) atoms. The lowest BCUT2D eigenvalue weighted by Gasteiger charge is -2.09. The summed E-state index contributed by atoms with van der Waals surface area (Å²) in [5.41, 5.74) is 8.22. The van der Waals surface area contributed by atoms with E-state index < -0.39 is 0 Å². The van der Waals surface area contributed by atoms with E-state index in [1.807, 2.05) is 24.3 Å². The van der Waals surface area contributed by atoms with Gasteiger partial charge in [0.05, 0.1) is 6.26 Å². The van der Waals surface area contributed by atoms with Crippen molar-refractivity contribution in [3.8, 4) is 0 Å². The van der Waals surface area contributed by atoms with Crippen LogP contribution in [-0.4, -0.2) is 0 Å². The van der Waals surface area contributed by atoms with Gasteiger partial charge in [-0.25, -0.2) is 0 Å². The summed E-state index contributed by atoms with van der Waals surface area (Å²) in [5.74, 6) is 0. The molecular weight excluding hydrogens is 222 g/mol. The molecule has 0 bridgehead atoms. The van der Waals surface area contributed by atoms with Crippen LogP contribution in [-0.2, 0) is 6.42 Å². The highest BCUT2D eigenvalue weighted by molar-refractivity contribution is 6.29. The van der Waals surface area contributed by atoms with Crippen molar-refractivity contribution < 1.29 is 4.42 Å². The molecule has 1 aromatic carbocycles. The van der Waals surface area contributed by atoms with Crippen molar-refractivity contribution in [3.05, 3.63) is 59.0 Å². The summed E-state index contributed by atoms with van der Waals surface area (Å²) in [6, 6.07) is 12.0. The summed E-state index contributed by atoms with van der Waals surface area (Å²) in [6.07, 6.45) is 3.38. The standard InChI is InChI=1S/C13H14ClNO/c14-13-11(8-9-16-13)12(15)7-6-10-4-2-1-3-5-10/h1-5,8-9,12H,6-7,15H2. The van der Waals surface area contributed by atoms with Crippen LogP contribution >= 0.6 is 11.6 Å². The molecule has 1 atom stereocenters. The zero-order valence-corrected chi connectivity index (χ0v) is 9.65. The molecule has 0 aliphatic rings. The Hall–Kier alpha value is -1.25. The van der Waals surface area contributed by atoms with Gasteiger partial charge in [0.25, 0.3) is 0 Å². The van der Waals surface area contributed by atoms with E-state index in [-0.39, 0.29) is 6.04 Å². The number of furan rings is 1. The first-order valence-electron chi connectivity index (χ1n) is 5.30. The van der Waals surface area contributed by atoms with Crippen molar-refractivity contribution in [3.63, 3.8) is 0 Å². The fourth-order valence-corrected chi connectivity index (χ4v) is 1.95. The summed E-state index contributed by atoms with van der Waals surface area (Å²) in [4.78, 5) is 0. The summed E-state index contributed by atoms with van der Waals surface area (Å²) in [6.45, 7) is 0. The molecule has 0 radical (unpaired) electrons. The third-order valence-corrected chi connectivity index (χ3v) is 2.94. The minimum atomic E-state index is -0.0635. The average molecular weight is 236 g/mol. The summed E-state index contributed by atoms with van der Waals surface area (Å²) < 4.78 is 5.02. The lowest BCUT2D eigenvalue weighted by Crippen LogP contribution is -2.10. The molecule has 1 unspecified atom stereocenters. The quantitative estimate of drug-likeness (QED) is 0.880. The number of aryl methyl sites for hydroxylation is 1. The van der Waals surface area contributed by atoms with Crippen molar-refractivity contribution >= 4 is 11.6 Å². The van der Waals surface area contributed by atoms with Crippen LogP contribution in [0.4, 0.5) is 0 Å². The average Bonchev–Trinajstić information content (AvgIpc) is 2.74. The van der Waals surface area contributed by atoms with Gasteiger partial charge in [0.15, 0.2) is 5.22 Å². The Kier molecular flexibility index (Phi) is 3.65. The lowest BCUT2D eigenvalue weighted by molar-refractivity contribution is 0.556. The molecule has 2 nitrogen and oxygen atoms in total. The van der Waals surface area contributed by atoms with Gasteiger partial charge in [0.2, 0.25) is 0 Å². The molecule has 84 valence electrons. The second-order valence-corrected chi connectivity index (χ2v) is 4.12. The van der Waals surface area contributed by atoms with Crippen molar-refractivity contribution in [2.45, 2.75) is 18.9 Å². The zero-order valence-electron chi connectivity index (χ0n) is 8.90. The third-order valence-electron chi connectivity index (χ3n) is 2.63. The maximum atomic E-state index is 6.04. The molecular formula is C13H14ClNO. The minimum absolute atomic E-state index is 0.0635. The molecule has 0 fully saturated rings. The zero-order chi connectivity index (χ0) is 11.4. The van der Waals surface area contributed by atoms with Gasteiger partial charge in [0.1, 0.15) is 0 Å². The van der Waals surface area contributed by atoms with Crippen molar-refractivity contribution in [1.82, 2.24) is 0 Å². The number of hydrogen-bond donors (Lipinski definition) is 1. The van der Waals surface area contributed by atoms with Crippen LogP contribution in [0.1, 0.15) is 23.6 Å². The largest absolute Gasteiger partial charge is 0.453 e. The second-order valence-electron chi connectivity index (χ2n) is 3.78. The first-order valence-corrected chi connectivity index (χ1v) is 5.67. The van der Waals surface area contributed by atoms with Gasteiger partial charge in [0, 0.05) is 11.6 Å². The highest BCUT2D eigenvalue weighted by atomic mass is 35.5. The molecule has 2 rings (SSSR count). The maximum absolute atomic E-state index is 6.04. The molecule has 0 saturated carbocycles.